The summed E-state index contributed by atoms with van der Waals surface area (Å²) in [6, 6.07) is 18.8. The standard InChI is InChI=1S/C15H18N2O3S/c16-21(18,19)20-15(13-7-3-1-4-8-13)11-12-17-14-9-5-2-6-10-14/h1-10,15,17H,11-12H2,(H2,16,18,19). The lowest BCUT2D eigenvalue weighted by molar-refractivity contribution is 0.207. The van der Waals surface area contributed by atoms with Crippen molar-refractivity contribution in [2.75, 3.05) is 11.9 Å². The number of benzene rings is 2. The van der Waals surface area contributed by atoms with Gasteiger partial charge in [0.2, 0.25) is 0 Å². The van der Waals surface area contributed by atoms with E-state index in [-0.39, 0.29) is 0 Å². The fraction of sp³-hybridized carbons (Fsp3) is 0.200. The minimum Gasteiger partial charge on any atom is -0.385 e. The van der Waals surface area contributed by atoms with Crippen LogP contribution in [0.1, 0.15) is 18.1 Å². The highest BCUT2D eigenvalue weighted by atomic mass is 32.2. The van der Waals surface area contributed by atoms with Crippen LogP contribution in [0.15, 0.2) is 60.7 Å². The predicted octanol–water partition coefficient (Wildman–Crippen LogP) is 2.45. The molecule has 0 saturated carbocycles. The minimum atomic E-state index is -3.99. The van der Waals surface area contributed by atoms with Crippen molar-refractivity contribution in [3.63, 3.8) is 0 Å². The van der Waals surface area contributed by atoms with Gasteiger partial charge in [0.15, 0.2) is 0 Å². The molecule has 0 amide bonds. The molecule has 112 valence electrons. The van der Waals surface area contributed by atoms with Gasteiger partial charge in [-0.1, -0.05) is 48.5 Å². The molecule has 0 aliphatic heterocycles. The topological polar surface area (TPSA) is 81.4 Å². The number of nitrogens with two attached hydrogens (primary N) is 1. The maximum Gasteiger partial charge on any atom is 0.333 e. The first-order valence-electron chi connectivity index (χ1n) is 6.59. The second-order valence-corrected chi connectivity index (χ2v) is 5.75. The van der Waals surface area contributed by atoms with Crippen LogP contribution in [0.5, 0.6) is 0 Å². The summed E-state index contributed by atoms with van der Waals surface area (Å²) in [5.74, 6) is 0. The summed E-state index contributed by atoms with van der Waals surface area (Å²) in [4.78, 5) is 0. The zero-order valence-electron chi connectivity index (χ0n) is 11.5. The van der Waals surface area contributed by atoms with Gasteiger partial charge in [-0.2, -0.15) is 8.42 Å². The Bertz CT molecular complexity index is 645. The van der Waals surface area contributed by atoms with Crippen molar-refractivity contribution >= 4 is 16.0 Å². The van der Waals surface area contributed by atoms with Gasteiger partial charge in [0, 0.05) is 12.2 Å². The highest BCUT2D eigenvalue weighted by molar-refractivity contribution is 7.84. The normalized spacial score (nSPS) is 12.8. The van der Waals surface area contributed by atoms with Gasteiger partial charge in [0.1, 0.15) is 6.10 Å². The molecule has 5 nitrogen and oxygen atoms in total. The fourth-order valence-corrected chi connectivity index (χ4v) is 2.53. The lowest BCUT2D eigenvalue weighted by atomic mass is 10.1. The summed E-state index contributed by atoms with van der Waals surface area (Å²) < 4.78 is 27.3. The van der Waals surface area contributed by atoms with Crippen LogP contribution in [-0.4, -0.2) is 15.0 Å². The Morgan fingerprint density at radius 3 is 2.14 bits per heavy atom. The van der Waals surface area contributed by atoms with E-state index in [0.717, 1.165) is 11.3 Å². The largest absolute Gasteiger partial charge is 0.385 e. The Morgan fingerprint density at radius 1 is 1.00 bits per heavy atom. The molecule has 0 radical (unpaired) electrons. The second-order valence-electron chi connectivity index (χ2n) is 4.57. The third-order valence-corrected chi connectivity index (χ3v) is 3.43. The van der Waals surface area contributed by atoms with Crippen LogP contribution < -0.4 is 10.5 Å². The highest BCUT2D eigenvalue weighted by Crippen LogP contribution is 2.22. The van der Waals surface area contributed by atoms with Gasteiger partial charge in [0.05, 0.1) is 0 Å². The molecule has 21 heavy (non-hydrogen) atoms. The van der Waals surface area contributed by atoms with Crippen molar-refractivity contribution in [2.45, 2.75) is 12.5 Å². The van der Waals surface area contributed by atoms with Gasteiger partial charge in [0.25, 0.3) is 0 Å². The number of hydrogen-bond donors (Lipinski definition) is 2. The molecule has 2 aromatic carbocycles. The van der Waals surface area contributed by atoms with E-state index in [9.17, 15) is 8.42 Å². The fourth-order valence-electron chi connectivity index (χ4n) is 2.00. The second kappa shape index (κ2) is 7.21. The summed E-state index contributed by atoms with van der Waals surface area (Å²) in [7, 11) is -3.99. The molecule has 1 atom stereocenters. The molecule has 0 aliphatic carbocycles. The number of nitrogens with one attached hydrogen (secondary N) is 1. The smallest absolute Gasteiger partial charge is 0.333 e. The van der Waals surface area contributed by atoms with E-state index in [1.807, 2.05) is 60.7 Å². The molecule has 3 N–H and O–H groups in total. The molecule has 0 aliphatic rings. The van der Waals surface area contributed by atoms with Crippen molar-refractivity contribution in [1.82, 2.24) is 0 Å². The number of hydrogen-bond acceptors (Lipinski definition) is 4. The lowest BCUT2D eigenvalue weighted by Gasteiger charge is -2.17. The maximum atomic E-state index is 11.2. The third kappa shape index (κ3) is 5.55. The highest BCUT2D eigenvalue weighted by Gasteiger charge is 2.17. The van der Waals surface area contributed by atoms with E-state index in [4.69, 9.17) is 9.32 Å². The number of anilines is 1. The van der Waals surface area contributed by atoms with E-state index in [1.165, 1.54) is 0 Å². The molecular weight excluding hydrogens is 288 g/mol. The van der Waals surface area contributed by atoms with Crippen LogP contribution in [0.4, 0.5) is 5.69 Å². The first-order valence-corrected chi connectivity index (χ1v) is 8.06. The van der Waals surface area contributed by atoms with E-state index < -0.39 is 16.4 Å². The van der Waals surface area contributed by atoms with Crippen LogP contribution in [0.2, 0.25) is 0 Å². The van der Waals surface area contributed by atoms with E-state index in [0.29, 0.717) is 13.0 Å². The number of rotatable bonds is 7. The molecule has 6 heteroatoms. The molecule has 1 unspecified atom stereocenters. The van der Waals surface area contributed by atoms with Crippen molar-refractivity contribution in [3.05, 3.63) is 66.2 Å². The predicted molar refractivity (Wildman–Crippen MR) is 82.9 cm³/mol. The van der Waals surface area contributed by atoms with Crippen molar-refractivity contribution in [1.29, 1.82) is 0 Å². The Hall–Kier alpha value is -1.89. The van der Waals surface area contributed by atoms with Crippen molar-refractivity contribution in [3.8, 4) is 0 Å². The van der Waals surface area contributed by atoms with E-state index in [2.05, 4.69) is 5.32 Å². The molecule has 0 bridgehead atoms. The molecule has 0 heterocycles. The zero-order chi connectivity index (χ0) is 15.1. The van der Waals surface area contributed by atoms with Gasteiger partial charge in [-0.15, -0.1) is 0 Å². The molecule has 2 aromatic rings. The van der Waals surface area contributed by atoms with E-state index >= 15 is 0 Å². The van der Waals surface area contributed by atoms with Crippen LogP contribution in [-0.2, 0) is 14.5 Å². The van der Waals surface area contributed by atoms with Crippen LogP contribution >= 0.6 is 0 Å². The van der Waals surface area contributed by atoms with Gasteiger partial charge in [-0.25, -0.2) is 9.32 Å². The quantitative estimate of drug-likeness (QED) is 0.823. The summed E-state index contributed by atoms with van der Waals surface area (Å²) >= 11 is 0. The minimum absolute atomic E-state index is 0.481. The van der Waals surface area contributed by atoms with Crippen molar-refractivity contribution < 1.29 is 12.6 Å². The molecular formula is C15H18N2O3S. The zero-order valence-corrected chi connectivity index (χ0v) is 12.3. The summed E-state index contributed by atoms with van der Waals surface area (Å²) in [5, 5.41) is 8.20. The summed E-state index contributed by atoms with van der Waals surface area (Å²) in [6.07, 6.45) is -0.118. The van der Waals surface area contributed by atoms with Gasteiger partial charge in [-0.3, -0.25) is 0 Å². The third-order valence-electron chi connectivity index (χ3n) is 2.93. The average molecular weight is 306 g/mol. The van der Waals surface area contributed by atoms with Gasteiger partial charge >= 0.3 is 10.3 Å². The van der Waals surface area contributed by atoms with Crippen molar-refractivity contribution in [2.24, 2.45) is 5.14 Å². The SMILES string of the molecule is NS(=O)(=O)OC(CCNc1ccccc1)c1ccccc1. The first-order chi connectivity index (χ1) is 10.0. The molecule has 0 fully saturated rings. The lowest BCUT2D eigenvalue weighted by Crippen LogP contribution is -2.21. The molecule has 0 saturated heterocycles. The molecule has 0 spiro atoms. The van der Waals surface area contributed by atoms with Crippen LogP contribution in [0, 0.1) is 0 Å². The Morgan fingerprint density at radius 2 is 1.57 bits per heavy atom. The average Bonchev–Trinajstić information content (AvgIpc) is 2.47. The molecule has 0 aromatic heterocycles. The Labute approximate surface area is 125 Å². The number of para-hydroxylation sites is 1. The summed E-state index contributed by atoms with van der Waals surface area (Å²) in [5.41, 5.74) is 1.75. The van der Waals surface area contributed by atoms with Crippen LogP contribution in [0.25, 0.3) is 0 Å². The van der Waals surface area contributed by atoms with Crippen LogP contribution in [0.3, 0.4) is 0 Å². The van der Waals surface area contributed by atoms with E-state index in [1.54, 1.807) is 0 Å². The van der Waals surface area contributed by atoms with Gasteiger partial charge < -0.3 is 5.32 Å². The Kier molecular flexibility index (Phi) is 5.32. The molecule has 2 rings (SSSR count). The Balaban J connectivity index is 2.00. The summed E-state index contributed by atoms with van der Waals surface area (Å²) in [6.45, 7) is 0.569. The first kappa shape index (κ1) is 15.5. The maximum absolute atomic E-state index is 11.2. The monoisotopic (exact) mass is 306 g/mol. The van der Waals surface area contributed by atoms with Gasteiger partial charge in [-0.05, 0) is 24.1 Å².